The summed E-state index contributed by atoms with van der Waals surface area (Å²) in [6.07, 6.45) is 1.66. The van der Waals surface area contributed by atoms with Crippen molar-refractivity contribution in [3.8, 4) is 5.75 Å². The van der Waals surface area contributed by atoms with Gasteiger partial charge < -0.3 is 10.4 Å². The molecule has 0 aliphatic carbocycles. The minimum atomic E-state index is -0.523. The number of nitro groups is 1. The number of hydrogen-bond donors (Lipinski definition) is 2. The maximum atomic E-state index is 11.1. The quantitative estimate of drug-likeness (QED) is 0.379. The first-order chi connectivity index (χ1) is 14.0. The number of phenols is 1. The number of nitrogens with zero attached hydrogens (tertiary/aromatic N) is 3. The number of phenolic OH excluding ortho intramolecular Hbond substituents is 1. The van der Waals surface area contributed by atoms with Crippen molar-refractivity contribution >= 4 is 22.3 Å². The summed E-state index contributed by atoms with van der Waals surface area (Å²) in [5, 5.41) is 26.2. The molecule has 0 unspecified atom stereocenters. The van der Waals surface area contributed by atoms with E-state index in [1.807, 2.05) is 43.3 Å². The Morgan fingerprint density at radius 1 is 1.07 bits per heavy atom. The summed E-state index contributed by atoms with van der Waals surface area (Å²) in [4.78, 5) is 19.6. The van der Waals surface area contributed by atoms with Crippen molar-refractivity contribution in [2.75, 3.05) is 5.32 Å². The highest BCUT2D eigenvalue weighted by Crippen LogP contribution is 2.36. The number of aryl methyl sites for hydroxylation is 1. The van der Waals surface area contributed by atoms with E-state index in [1.165, 1.54) is 12.1 Å². The van der Waals surface area contributed by atoms with Crippen LogP contribution >= 0.6 is 0 Å². The highest BCUT2D eigenvalue weighted by molar-refractivity contribution is 5.86. The smallest absolute Gasteiger partial charge is 0.271 e. The third-order valence-corrected chi connectivity index (χ3v) is 4.67. The molecule has 4 aromatic rings. The molecule has 7 heteroatoms. The lowest BCUT2D eigenvalue weighted by Gasteiger charge is -2.21. The fourth-order valence-electron chi connectivity index (χ4n) is 3.25. The molecule has 7 nitrogen and oxygen atoms in total. The SMILES string of the molecule is Cc1ccc2ccc([C@@H](Nc3cccc([N+](=O)[O-])c3)c3ccccn3)c(O)c2n1. The number of pyridine rings is 2. The zero-order valence-electron chi connectivity index (χ0n) is 15.6. The molecule has 0 bridgehead atoms. The van der Waals surface area contributed by atoms with E-state index in [4.69, 9.17) is 0 Å². The molecule has 1 atom stereocenters. The number of fused-ring (bicyclic) bond motifs is 1. The van der Waals surface area contributed by atoms with E-state index in [9.17, 15) is 15.2 Å². The van der Waals surface area contributed by atoms with Gasteiger partial charge in [-0.15, -0.1) is 0 Å². The first kappa shape index (κ1) is 18.4. The minimum Gasteiger partial charge on any atom is -0.505 e. The maximum Gasteiger partial charge on any atom is 0.271 e. The van der Waals surface area contributed by atoms with E-state index < -0.39 is 11.0 Å². The predicted octanol–water partition coefficient (Wildman–Crippen LogP) is 4.75. The molecule has 0 radical (unpaired) electrons. The van der Waals surface area contributed by atoms with Crippen LogP contribution in [0.4, 0.5) is 11.4 Å². The van der Waals surface area contributed by atoms with Crippen LogP contribution in [0, 0.1) is 17.0 Å². The highest BCUT2D eigenvalue weighted by atomic mass is 16.6. The average molecular weight is 386 g/mol. The van der Waals surface area contributed by atoms with Crippen LogP contribution < -0.4 is 5.32 Å². The fraction of sp³-hybridized carbons (Fsp3) is 0.0909. The zero-order chi connectivity index (χ0) is 20.4. The number of rotatable bonds is 5. The van der Waals surface area contributed by atoms with Crippen molar-refractivity contribution in [2.45, 2.75) is 13.0 Å². The van der Waals surface area contributed by atoms with Crippen LogP contribution in [0.5, 0.6) is 5.75 Å². The van der Waals surface area contributed by atoms with E-state index in [2.05, 4.69) is 15.3 Å². The van der Waals surface area contributed by atoms with Crippen molar-refractivity contribution in [2.24, 2.45) is 0 Å². The van der Waals surface area contributed by atoms with E-state index in [-0.39, 0.29) is 11.4 Å². The Morgan fingerprint density at radius 2 is 1.90 bits per heavy atom. The van der Waals surface area contributed by atoms with Crippen molar-refractivity contribution in [1.82, 2.24) is 9.97 Å². The molecule has 0 saturated carbocycles. The molecule has 2 aromatic carbocycles. The molecule has 2 heterocycles. The Morgan fingerprint density at radius 3 is 2.66 bits per heavy atom. The summed E-state index contributed by atoms with van der Waals surface area (Å²) in [6, 6.07) is 18.7. The second-order valence-corrected chi connectivity index (χ2v) is 6.67. The Hall–Kier alpha value is -4.00. The number of benzene rings is 2. The third kappa shape index (κ3) is 3.70. The van der Waals surface area contributed by atoms with Crippen molar-refractivity contribution < 1.29 is 10.0 Å². The van der Waals surface area contributed by atoms with Crippen LogP contribution in [0.1, 0.15) is 23.0 Å². The molecule has 0 spiro atoms. The summed E-state index contributed by atoms with van der Waals surface area (Å²) < 4.78 is 0. The molecule has 144 valence electrons. The molecule has 0 saturated heterocycles. The van der Waals surface area contributed by atoms with Crippen molar-refractivity contribution in [1.29, 1.82) is 0 Å². The van der Waals surface area contributed by atoms with E-state index >= 15 is 0 Å². The van der Waals surface area contributed by atoms with Gasteiger partial charge in [0.2, 0.25) is 0 Å². The van der Waals surface area contributed by atoms with Crippen molar-refractivity contribution in [3.05, 3.63) is 100.0 Å². The van der Waals surface area contributed by atoms with Crippen LogP contribution in [-0.2, 0) is 0 Å². The van der Waals surface area contributed by atoms with Crippen molar-refractivity contribution in [3.63, 3.8) is 0 Å². The van der Waals surface area contributed by atoms with Crippen LogP contribution in [0.15, 0.2) is 72.9 Å². The number of anilines is 1. The molecular formula is C22H18N4O3. The first-order valence-electron chi connectivity index (χ1n) is 9.04. The topological polar surface area (TPSA) is 101 Å². The number of non-ortho nitro benzene ring substituents is 1. The predicted molar refractivity (Wildman–Crippen MR) is 111 cm³/mol. The maximum absolute atomic E-state index is 11.1. The largest absolute Gasteiger partial charge is 0.505 e. The monoisotopic (exact) mass is 386 g/mol. The molecule has 4 rings (SSSR count). The molecular weight excluding hydrogens is 368 g/mol. The van der Waals surface area contributed by atoms with Gasteiger partial charge >= 0.3 is 0 Å². The Bertz CT molecular complexity index is 1200. The zero-order valence-corrected chi connectivity index (χ0v) is 15.6. The van der Waals surface area contributed by atoms with E-state index in [0.717, 1.165) is 11.1 Å². The van der Waals surface area contributed by atoms with E-state index in [0.29, 0.717) is 22.5 Å². The van der Waals surface area contributed by atoms with Gasteiger partial charge in [-0.3, -0.25) is 15.1 Å². The van der Waals surface area contributed by atoms with Gasteiger partial charge in [-0.25, -0.2) is 4.98 Å². The second kappa shape index (κ2) is 7.55. The lowest BCUT2D eigenvalue weighted by molar-refractivity contribution is -0.384. The van der Waals surface area contributed by atoms with Gasteiger partial charge in [-0.2, -0.15) is 0 Å². The lowest BCUT2D eigenvalue weighted by Crippen LogP contribution is -2.14. The first-order valence-corrected chi connectivity index (χ1v) is 9.04. The summed E-state index contributed by atoms with van der Waals surface area (Å²) in [7, 11) is 0. The summed E-state index contributed by atoms with van der Waals surface area (Å²) in [5.41, 5.74) is 3.08. The Balaban J connectivity index is 1.84. The average Bonchev–Trinajstić information content (AvgIpc) is 2.74. The van der Waals surface area contributed by atoms with Gasteiger partial charge in [-0.1, -0.05) is 30.3 Å². The fourth-order valence-corrected chi connectivity index (χ4v) is 3.25. The van der Waals surface area contributed by atoms with Gasteiger partial charge in [-0.05, 0) is 31.2 Å². The van der Waals surface area contributed by atoms with Gasteiger partial charge in [0, 0.05) is 40.7 Å². The Kier molecular flexibility index (Phi) is 4.78. The summed E-state index contributed by atoms with van der Waals surface area (Å²) in [5.74, 6) is 0.0554. The van der Waals surface area contributed by atoms with Gasteiger partial charge in [0.1, 0.15) is 11.3 Å². The van der Waals surface area contributed by atoms with Gasteiger partial charge in [0.15, 0.2) is 0 Å². The summed E-state index contributed by atoms with van der Waals surface area (Å²) >= 11 is 0. The molecule has 2 N–H and O–H groups in total. The van der Waals surface area contributed by atoms with Crippen LogP contribution in [0.25, 0.3) is 10.9 Å². The van der Waals surface area contributed by atoms with Crippen LogP contribution in [0.3, 0.4) is 0 Å². The normalized spacial score (nSPS) is 11.9. The molecule has 0 fully saturated rings. The number of nitro benzene ring substituents is 1. The number of aromatic nitrogens is 2. The molecule has 2 aromatic heterocycles. The van der Waals surface area contributed by atoms with Gasteiger partial charge in [0.25, 0.3) is 5.69 Å². The number of hydrogen-bond acceptors (Lipinski definition) is 6. The van der Waals surface area contributed by atoms with E-state index in [1.54, 1.807) is 24.4 Å². The highest BCUT2D eigenvalue weighted by Gasteiger charge is 2.21. The number of aromatic hydroxyl groups is 1. The number of nitrogens with one attached hydrogen (secondary N) is 1. The second-order valence-electron chi connectivity index (χ2n) is 6.67. The molecule has 0 aliphatic heterocycles. The lowest BCUT2D eigenvalue weighted by atomic mass is 9.99. The third-order valence-electron chi connectivity index (χ3n) is 4.67. The van der Waals surface area contributed by atoms with Crippen LogP contribution in [-0.4, -0.2) is 20.0 Å². The molecule has 0 aliphatic rings. The van der Waals surface area contributed by atoms with Gasteiger partial charge in [0.05, 0.1) is 16.7 Å². The molecule has 29 heavy (non-hydrogen) atoms. The minimum absolute atomic E-state index is 0.0187. The van der Waals surface area contributed by atoms with Crippen LogP contribution in [0.2, 0.25) is 0 Å². The Labute approximate surface area is 166 Å². The summed E-state index contributed by atoms with van der Waals surface area (Å²) in [6.45, 7) is 1.86. The molecule has 0 amide bonds. The standard InChI is InChI=1S/C22H18N4O3/c1-14-8-9-15-10-11-18(22(27)20(15)24-14)21(19-7-2-3-12-23-19)25-16-5-4-6-17(13-16)26(28)29/h2-13,21,25,27H,1H3/t21-/m1/s1.